The normalized spacial score (nSPS) is 11.6. The molecule has 1 N–H and O–H groups in total. The Hall–Kier alpha value is -1.12. The molecule has 2 aromatic rings. The van der Waals surface area contributed by atoms with Crippen LogP contribution in [0, 0.1) is 6.92 Å². The summed E-state index contributed by atoms with van der Waals surface area (Å²) in [5, 5.41) is 3.76. The number of aryl methyl sites for hydroxylation is 2. The van der Waals surface area contributed by atoms with E-state index in [0.717, 1.165) is 4.47 Å². The molecule has 0 aliphatic heterocycles. The van der Waals surface area contributed by atoms with Crippen molar-refractivity contribution < 1.29 is 8.42 Å². The van der Waals surface area contributed by atoms with Gasteiger partial charge in [0.05, 0.1) is 11.2 Å². The first-order valence-electron chi connectivity index (χ1n) is 5.14. The Morgan fingerprint density at radius 2 is 2.11 bits per heavy atom. The van der Waals surface area contributed by atoms with Crippen LogP contribution < -0.4 is 4.72 Å². The molecule has 0 aromatic carbocycles. The molecule has 0 aliphatic carbocycles. The largest absolute Gasteiger partial charge is 0.281 e. The zero-order valence-corrected chi connectivity index (χ0v) is 13.2. The van der Waals surface area contributed by atoms with E-state index in [1.165, 1.54) is 24.1 Å². The molecule has 19 heavy (non-hydrogen) atoms. The molecule has 0 saturated heterocycles. The van der Waals surface area contributed by atoms with Crippen LogP contribution in [-0.2, 0) is 17.1 Å². The number of nitrogens with one attached hydrogen (secondary N) is 1. The highest BCUT2D eigenvalue weighted by molar-refractivity contribution is 9.10. The topological polar surface area (TPSA) is 76.9 Å². The maximum atomic E-state index is 12.2. The molecular formula is C10H10BrClN4O2S. The Labute approximate surface area is 124 Å². The molecule has 6 nitrogen and oxygen atoms in total. The second-order valence-corrected chi connectivity index (χ2v) is 6.77. The molecular weight excluding hydrogens is 356 g/mol. The van der Waals surface area contributed by atoms with Crippen molar-refractivity contribution in [2.24, 2.45) is 7.05 Å². The summed E-state index contributed by atoms with van der Waals surface area (Å²) < 4.78 is 28.8. The Balaban J connectivity index is 2.42. The van der Waals surface area contributed by atoms with Crippen LogP contribution in [0.25, 0.3) is 0 Å². The highest BCUT2D eigenvalue weighted by atomic mass is 79.9. The summed E-state index contributed by atoms with van der Waals surface area (Å²) >= 11 is 9.09. The number of halogens is 2. The first-order chi connectivity index (χ1) is 8.81. The van der Waals surface area contributed by atoms with E-state index >= 15 is 0 Å². The summed E-state index contributed by atoms with van der Waals surface area (Å²) in [7, 11) is -2.32. The van der Waals surface area contributed by atoms with Crippen LogP contribution in [-0.4, -0.2) is 23.2 Å². The van der Waals surface area contributed by atoms with E-state index in [2.05, 4.69) is 30.7 Å². The van der Waals surface area contributed by atoms with Crippen molar-refractivity contribution in [2.75, 3.05) is 4.72 Å². The number of rotatable bonds is 3. The van der Waals surface area contributed by atoms with Gasteiger partial charge in [-0.25, -0.2) is 4.98 Å². The van der Waals surface area contributed by atoms with Crippen molar-refractivity contribution in [1.82, 2.24) is 14.8 Å². The second-order valence-electron chi connectivity index (χ2n) is 3.85. The van der Waals surface area contributed by atoms with E-state index in [4.69, 9.17) is 11.6 Å². The number of anilines is 1. The molecule has 2 rings (SSSR count). The molecule has 0 saturated carbocycles. The van der Waals surface area contributed by atoms with Crippen LogP contribution in [0.1, 0.15) is 5.56 Å². The van der Waals surface area contributed by atoms with Gasteiger partial charge in [-0.3, -0.25) is 9.40 Å². The molecule has 102 valence electrons. The van der Waals surface area contributed by atoms with E-state index in [1.54, 1.807) is 13.0 Å². The number of hydrogen-bond acceptors (Lipinski definition) is 4. The van der Waals surface area contributed by atoms with Crippen LogP contribution in [0.5, 0.6) is 0 Å². The summed E-state index contributed by atoms with van der Waals surface area (Å²) in [5.41, 5.74) is 0.691. The Morgan fingerprint density at radius 1 is 1.42 bits per heavy atom. The van der Waals surface area contributed by atoms with Gasteiger partial charge in [-0.15, -0.1) is 0 Å². The van der Waals surface area contributed by atoms with E-state index in [-0.39, 0.29) is 15.9 Å². The van der Waals surface area contributed by atoms with E-state index in [9.17, 15) is 8.42 Å². The molecule has 2 heterocycles. The predicted octanol–water partition coefficient (Wildman–Crippen LogP) is 2.34. The predicted molar refractivity (Wildman–Crippen MR) is 75.7 cm³/mol. The fourth-order valence-corrected chi connectivity index (χ4v) is 3.71. The zero-order valence-electron chi connectivity index (χ0n) is 10.1. The van der Waals surface area contributed by atoms with Gasteiger partial charge in [0.1, 0.15) is 5.82 Å². The highest BCUT2D eigenvalue weighted by Crippen LogP contribution is 2.24. The quantitative estimate of drug-likeness (QED) is 0.905. The molecule has 0 atom stereocenters. The number of sulfonamides is 1. The van der Waals surface area contributed by atoms with Crippen molar-refractivity contribution in [3.8, 4) is 0 Å². The fraction of sp³-hybridized carbons (Fsp3) is 0.200. The zero-order chi connectivity index (χ0) is 14.2. The lowest BCUT2D eigenvalue weighted by atomic mass is 10.3. The first kappa shape index (κ1) is 14.3. The molecule has 0 radical (unpaired) electrons. The second kappa shape index (κ2) is 5.10. The monoisotopic (exact) mass is 364 g/mol. The van der Waals surface area contributed by atoms with Crippen LogP contribution in [0.15, 0.2) is 28.0 Å². The molecule has 0 spiro atoms. The number of pyridine rings is 1. The molecule has 0 aliphatic rings. The summed E-state index contributed by atoms with van der Waals surface area (Å²) in [5.74, 6) is 0.250. The van der Waals surface area contributed by atoms with Gasteiger partial charge >= 0.3 is 0 Å². The van der Waals surface area contributed by atoms with Crippen molar-refractivity contribution in [3.05, 3.63) is 33.5 Å². The minimum absolute atomic E-state index is 0.0600. The van der Waals surface area contributed by atoms with E-state index in [1.807, 2.05) is 0 Å². The molecule has 9 heteroatoms. The van der Waals surface area contributed by atoms with Crippen molar-refractivity contribution >= 4 is 43.4 Å². The minimum atomic E-state index is -3.83. The number of hydrogen-bond donors (Lipinski definition) is 1. The van der Waals surface area contributed by atoms with Gasteiger partial charge in [0.15, 0.2) is 5.03 Å². The van der Waals surface area contributed by atoms with Gasteiger partial charge in [0.2, 0.25) is 0 Å². The van der Waals surface area contributed by atoms with Gasteiger partial charge in [-0.1, -0.05) is 11.6 Å². The third-order valence-electron chi connectivity index (χ3n) is 2.37. The lowest BCUT2D eigenvalue weighted by Gasteiger charge is -2.10. The average molecular weight is 366 g/mol. The maximum Gasteiger partial charge on any atom is 0.281 e. The lowest BCUT2D eigenvalue weighted by Crippen LogP contribution is -2.18. The highest BCUT2D eigenvalue weighted by Gasteiger charge is 2.23. The Kier molecular flexibility index (Phi) is 3.84. The third kappa shape index (κ3) is 2.90. The van der Waals surface area contributed by atoms with Crippen LogP contribution in [0.4, 0.5) is 5.82 Å². The molecule has 0 amide bonds. The average Bonchev–Trinajstić information content (AvgIpc) is 2.63. The van der Waals surface area contributed by atoms with E-state index < -0.39 is 10.0 Å². The van der Waals surface area contributed by atoms with Crippen molar-refractivity contribution in [2.45, 2.75) is 11.9 Å². The fourth-order valence-electron chi connectivity index (χ4n) is 1.52. The number of aromatic nitrogens is 3. The summed E-state index contributed by atoms with van der Waals surface area (Å²) in [6, 6.07) is 1.76. The van der Waals surface area contributed by atoms with Gasteiger partial charge in [-0.2, -0.15) is 13.5 Å². The maximum absolute atomic E-state index is 12.2. The SMILES string of the molecule is Cc1cc(Br)cnc1NS(=O)(=O)c1c(Cl)cnn1C. The number of nitrogens with zero attached hydrogens (tertiary/aromatic N) is 3. The molecule has 0 fully saturated rings. The van der Waals surface area contributed by atoms with Crippen LogP contribution in [0.3, 0.4) is 0 Å². The van der Waals surface area contributed by atoms with Gasteiger partial charge in [-0.05, 0) is 34.5 Å². The Morgan fingerprint density at radius 3 is 2.63 bits per heavy atom. The van der Waals surface area contributed by atoms with Gasteiger partial charge in [0, 0.05) is 17.7 Å². The van der Waals surface area contributed by atoms with Crippen LogP contribution in [0.2, 0.25) is 5.02 Å². The summed E-state index contributed by atoms with van der Waals surface area (Å²) in [4.78, 5) is 4.02. The minimum Gasteiger partial charge on any atom is -0.262 e. The van der Waals surface area contributed by atoms with Crippen LogP contribution >= 0.6 is 27.5 Å². The van der Waals surface area contributed by atoms with Crippen molar-refractivity contribution in [3.63, 3.8) is 0 Å². The summed E-state index contributed by atoms with van der Waals surface area (Å²) in [6.07, 6.45) is 2.79. The smallest absolute Gasteiger partial charge is 0.262 e. The lowest BCUT2D eigenvalue weighted by molar-refractivity contribution is 0.582. The Bertz CT molecular complexity index is 710. The standard InChI is InChI=1S/C10H10BrClN4O2S/c1-6-3-7(11)4-13-9(6)15-19(17,18)10-8(12)5-14-16(10)2/h3-5H,1-2H3,(H,13,15). The molecule has 0 bridgehead atoms. The first-order valence-corrected chi connectivity index (χ1v) is 7.79. The third-order valence-corrected chi connectivity index (χ3v) is 4.65. The van der Waals surface area contributed by atoms with E-state index in [0.29, 0.717) is 5.56 Å². The van der Waals surface area contributed by atoms with Gasteiger partial charge in [0.25, 0.3) is 10.0 Å². The van der Waals surface area contributed by atoms with Gasteiger partial charge < -0.3 is 0 Å². The summed E-state index contributed by atoms with van der Waals surface area (Å²) in [6.45, 7) is 1.75. The molecule has 2 aromatic heterocycles. The molecule has 0 unspecified atom stereocenters. The van der Waals surface area contributed by atoms with Crippen molar-refractivity contribution in [1.29, 1.82) is 0 Å².